The number of aliphatic hydroxyl groups is 3. The molecule has 4 atom stereocenters. The Balaban J connectivity index is 1.85. The van der Waals surface area contributed by atoms with Crippen LogP contribution in [0, 0.1) is 0 Å². The van der Waals surface area contributed by atoms with E-state index in [-0.39, 0.29) is 0 Å². The standard InChI is InChI=1S/C21H20O14/c22-9-1-7(2-10(23)15(9)26)18(29)34-13-4-8(3-11(24)16(13)27)19(30)35-14-6-21(33,20(31)32)5-12(25)17(14)28/h1-4,12,14,17,22-28,33H,5-6H2,(H,31,32)/t12-,14-,17+,21-/m1/s1. The maximum absolute atomic E-state index is 12.6. The van der Waals surface area contributed by atoms with Gasteiger partial charge in [0.1, 0.15) is 12.2 Å². The molecule has 0 amide bonds. The first-order valence-electron chi connectivity index (χ1n) is 9.79. The van der Waals surface area contributed by atoms with Crippen LogP contribution in [0.4, 0.5) is 0 Å². The summed E-state index contributed by atoms with van der Waals surface area (Å²) >= 11 is 0. The topological polar surface area (TPSA) is 252 Å². The summed E-state index contributed by atoms with van der Waals surface area (Å²) in [6.45, 7) is 0. The van der Waals surface area contributed by atoms with Gasteiger partial charge >= 0.3 is 17.9 Å². The van der Waals surface area contributed by atoms with Gasteiger partial charge in [0.05, 0.1) is 17.2 Å². The normalized spacial score (nSPS) is 23.9. The first-order chi connectivity index (χ1) is 16.2. The number of aromatic hydroxyl groups is 5. The van der Waals surface area contributed by atoms with Crippen LogP contribution in [0.15, 0.2) is 24.3 Å². The van der Waals surface area contributed by atoms with Crippen LogP contribution >= 0.6 is 0 Å². The summed E-state index contributed by atoms with van der Waals surface area (Å²) in [5.74, 6) is -9.69. The second kappa shape index (κ2) is 9.17. The molecule has 0 aromatic heterocycles. The van der Waals surface area contributed by atoms with Gasteiger partial charge in [0, 0.05) is 12.8 Å². The predicted octanol–water partition coefficient (Wildman–Crippen LogP) is -0.710. The van der Waals surface area contributed by atoms with Crippen LogP contribution < -0.4 is 4.74 Å². The van der Waals surface area contributed by atoms with Gasteiger partial charge in [-0.2, -0.15) is 0 Å². The molecule has 0 saturated heterocycles. The molecule has 14 heteroatoms. The lowest BCUT2D eigenvalue weighted by Crippen LogP contribution is -2.57. The van der Waals surface area contributed by atoms with Gasteiger partial charge in [-0.05, 0) is 24.3 Å². The Bertz CT molecular complexity index is 1170. The molecule has 1 aliphatic rings. The average Bonchev–Trinajstić information content (AvgIpc) is 2.77. The number of esters is 2. The van der Waals surface area contributed by atoms with Gasteiger partial charge in [-0.3, -0.25) is 0 Å². The maximum Gasteiger partial charge on any atom is 0.343 e. The summed E-state index contributed by atoms with van der Waals surface area (Å²) in [4.78, 5) is 36.2. The van der Waals surface area contributed by atoms with Crippen LogP contribution in [0.5, 0.6) is 34.5 Å². The number of aliphatic carboxylic acids is 1. The van der Waals surface area contributed by atoms with E-state index in [2.05, 4.69) is 0 Å². The predicted molar refractivity (Wildman–Crippen MR) is 109 cm³/mol. The number of carboxylic acids is 1. The Morgan fingerprint density at radius 1 is 0.800 bits per heavy atom. The number of phenolic OH excluding ortho intramolecular Hbond substituents is 5. The lowest BCUT2D eigenvalue weighted by molar-refractivity contribution is -0.187. The molecule has 0 radical (unpaired) electrons. The van der Waals surface area contributed by atoms with Gasteiger partial charge in [-0.1, -0.05) is 0 Å². The lowest BCUT2D eigenvalue weighted by atomic mass is 9.79. The van der Waals surface area contributed by atoms with Crippen molar-refractivity contribution in [2.24, 2.45) is 0 Å². The monoisotopic (exact) mass is 496 g/mol. The molecule has 35 heavy (non-hydrogen) atoms. The Hall–Kier alpha value is -4.27. The smallest absolute Gasteiger partial charge is 0.343 e. The van der Waals surface area contributed by atoms with Crippen molar-refractivity contribution in [1.29, 1.82) is 0 Å². The summed E-state index contributed by atoms with van der Waals surface area (Å²) in [5.41, 5.74) is -3.54. The highest BCUT2D eigenvalue weighted by Crippen LogP contribution is 2.39. The van der Waals surface area contributed by atoms with Crippen molar-refractivity contribution in [3.63, 3.8) is 0 Å². The summed E-state index contributed by atoms with van der Waals surface area (Å²) in [5, 5.41) is 87.5. The Morgan fingerprint density at radius 3 is 1.86 bits per heavy atom. The number of rotatable bonds is 5. The van der Waals surface area contributed by atoms with Crippen molar-refractivity contribution in [1.82, 2.24) is 0 Å². The minimum atomic E-state index is -2.50. The van der Waals surface area contributed by atoms with Crippen LogP contribution in [0.25, 0.3) is 0 Å². The van der Waals surface area contributed by atoms with Gasteiger partial charge in [-0.15, -0.1) is 0 Å². The Kier molecular flexibility index (Phi) is 6.64. The third kappa shape index (κ3) is 4.98. The van der Waals surface area contributed by atoms with E-state index in [0.29, 0.717) is 6.07 Å². The minimum Gasteiger partial charge on any atom is -0.504 e. The second-order valence-corrected chi connectivity index (χ2v) is 7.84. The van der Waals surface area contributed by atoms with E-state index < -0.39 is 100 Å². The number of carbonyl (C=O) groups is 3. The molecule has 9 N–H and O–H groups in total. The highest BCUT2D eigenvalue weighted by molar-refractivity contribution is 5.95. The minimum absolute atomic E-state index is 0.489. The van der Waals surface area contributed by atoms with Crippen LogP contribution in [0.1, 0.15) is 33.6 Å². The molecule has 1 fully saturated rings. The van der Waals surface area contributed by atoms with Crippen molar-refractivity contribution in [2.45, 2.75) is 36.8 Å². The molecular formula is C21H20O14. The lowest BCUT2D eigenvalue weighted by Gasteiger charge is -2.39. The fourth-order valence-corrected chi connectivity index (χ4v) is 3.41. The molecule has 1 saturated carbocycles. The summed E-state index contributed by atoms with van der Waals surface area (Å²) in [6, 6.07) is 2.89. The van der Waals surface area contributed by atoms with Crippen molar-refractivity contribution >= 4 is 17.9 Å². The molecule has 2 aromatic carbocycles. The molecule has 1 aliphatic carbocycles. The van der Waals surface area contributed by atoms with Crippen molar-refractivity contribution < 1.29 is 69.8 Å². The molecule has 0 bridgehead atoms. The fraction of sp³-hybridized carbons (Fsp3) is 0.286. The number of phenols is 5. The van der Waals surface area contributed by atoms with Crippen molar-refractivity contribution in [3.05, 3.63) is 35.4 Å². The van der Waals surface area contributed by atoms with Crippen molar-refractivity contribution in [2.75, 3.05) is 0 Å². The molecule has 3 rings (SSSR count). The van der Waals surface area contributed by atoms with Gasteiger partial charge in [-0.25, -0.2) is 14.4 Å². The van der Waals surface area contributed by atoms with Crippen molar-refractivity contribution in [3.8, 4) is 34.5 Å². The summed E-state index contributed by atoms with van der Waals surface area (Å²) < 4.78 is 9.87. The highest BCUT2D eigenvalue weighted by atomic mass is 16.6. The molecular weight excluding hydrogens is 476 g/mol. The highest BCUT2D eigenvalue weighted by Gasteiger charge is 2.50. The molecule has 188 valence electrons. The largest absolute Gasteiger partial charge is 0.504 e. The fourth-order valence-electron chi connectivity index (χ4n) is 3.41. The zero-order valence-electron chi connectivity index (χ0n) is 17.5. The number of hydrogen-bond donors (Lipinski definition) is 9. The third-order valence-electron chi connectivity index (χ3n) is 5.32. The first kappa shape index (κ1) is 25.4. The number of hydrogen-bond acceptors (Lipinski definition) is 13. The van der Waals surface area contributed by atoms with Gasteiger partial charge in [0.15, 0.2) is 34.3 Å². The van der Waals surface area contributed by atoms with Crippen LogP contribution in [-0.4, -0.2) is 87.8 Å². The van der Waals surface area contributed by atoms with Gasteiger partial charge in [0.25, 0.3) is 0 Å². The number of benzene rings is 2. The van der Waals surface area contributed by atoms with Gasteiger partial charge in [0.2, 0.25) is 5.75 Å². The molecule has 0 unspecified atom stereocenters. The molecule has 0 spiro atoms. The maximum atomic E-state index is 12.6. The third-order valence-corrected chi connectivity index (χ3v) is 5.32. The van der Waals surface area contributed by atoms with E-state index in [1.54, 1.807) is 0 Å². The molecule has 0 aliphatic heterocycles. The molecule has 2 aromatic rings. The van der Waals surface area contributed by atoms with E-state index in [4.69, 9.17) is 14.6 Å². The zero-order chi connectivity index (χ0) is 26.2. The van der Waals surface area contributed by atoms with E-state index >= 15 is 0 Å². The number of carboxylic acid groups (broad SMARTS) is 1. The second-order valence-electron chi connectivity index (χ2n) is 7.84. The van der Waals surface area contributed by atoms with E-state index in [1.807, 2.05) is 0 Å². The van der Waals surface area contributed by atoms with Gasteiger partial charge < -0.3 is 55.4 Å². The summed E-state index contributed by atoms with van der Waals surface area (Å²) in [6.07, 6.45) is -6.68. The summed E-state index contributed by atoms with van der Waals surface area (Å²) in [7, 11) is 0. The van der Waals surface area contributed by atoms with E-state index in [1.165, 1.54) is 0 Å². The van der Waals surface area contributed by atoms with E-state index in [9.17, 15) is 55.2 Å². The van der Waals surface area contributed by atoms with E-state index in [0.717, 1.165) is 18.2 Å². The quantitative estimate of drug-likeness (QED) is 0.141. The van der Waals surface area contributed by atoms with Crippen LogP contribution in [0.2, 0.25) is 0 Å². The number of carbonyl (C=O) groups excluding carboxylic acids is 2. The number of aliphatic hydroxyl groups excluding tert-OH is 2. The molecule has 0 heterocycles. The Labute approximate surface area is 195 Å². The number of ether oxygens (including phenoxy) is 2. The van der Waals surface area contributed by atoms with Crippen LogP contribution in [0.3, 0.4) is 0 Å². The molecule has 14 nitrogen and oxygen atoms in total. The zero-order valence-corrected chi connectivity index (χ0v) is 17.5. The average molecular weight is 496 g/mol. The first-order valence-corrected chi connectivity index (χ1v) is 9.79. The SMILES string of the molecule is O=C(Oc1cc(C(=O)O[C@@H]2C[C@@](O)(C(=O)O)C[C@@H](O)[C@@H]2O)cc(O)c1O)c1cc(O)c(O)c(O)c1. The Morgan fingerprint density at radius 2 is 1.31 bits per heavy atom. The van der Waals surface area contributed by atoms with Crippen LogP contribution in [-0.2, 0) is 9.53 Å².